The van der Waals surface area contributed by atoms with E-state index in [9.17, 15) is 17.6 Å². The van der Waals surface area contributed by atoms with E-state index < -0.39 is 32.2 Å². The van der Waals surface area contributed by atoms with Crippen molar-refractivity contribution in [1.82, 2.24) is 0 Å². The van der Waals surface area contributed by atoms with Crippen LogP contribution in [0.15, 0.2) is 17.0 Å². The Bertz CT molecular complexity index is 633. The molecule has 1 aromatic carbocycles. The van der Waals surface area contributed by atoms with Crippen molar-refractivity contribution in [2.24, 2.45) is 5.41 Å². The quantitative estimate of drug-likeness (QED) is 0.922. The van der Waals surface area contributed by atoms with Crippen LogP contribution in [0, 0.1) is 11.2 Å². The molecule has 1 N–H and O–H groups in total. The number of rotatable bonds is 4. The molecule has 0 fully saturated rings. The van der Waals surface area contributed by atoms with Crippen molar-refractivity contribution >= 4 is 27.4 Å². The number of benzene rings is 1. The maximum atomic E-state index is 13.5. The molecule has 1 rings (SSSR count). The molecule has 0 amide bonds. The Morgan fingerprint density at radius 3 is 2.35 bits per heavy atom. The number of sulfone groups is 1. The summed E-state index contributed by atoms with van der Waals surface area (Å²) in [7, 11) is -3.75. The third kappa shape index (κ3) is 4.18. The summed E-state index contributed by atoms with van der Waals surface area (Å²) < 4.78 is 37.8. The summed E-state index contributed by atoms with van der Waals surface area (Å²) in [5, 5.41) is 8.30. The summed E-state index contributed by atoms with van der Waals surface area (Å²) in [6, 6.07) is 1.65. The molecule has 0 bridgehead atoms. The zero-order valence-electron chi connectivity index (χ0n) is 11.4. The third-order valence-corrected chi connectivity index (χ3v) is 4.79. The maximum absolute atomic E-state index is 13.5. The molecule has 0 saturated carbocycles. The summed E-state index contributed by atoms with van der Waals surface area (Å²) >= 11 is 5.51. The molecule has 0 atom stereocenters. The number of carbonyl (C=O) groups is 1. The van der Waals surface area contributed by atoms with Gasteiger partial charge in [0.25, 0.3) is 0 Å². The fourth-order valence-electron chi connectivity index (χ4n) is 1.46. The van der Waals surface area contributed by atoms with Gasteiger partial charge in [-0.25, -0.2) is 17.6 Å². The van der Waals surface area contributed by atoms with E-state index in [1.165, 1.54) is 0 Å². The van der Waals surface area contributed by atoms with E-state index in [-0.39, 0.29) is 16.1 Å². The molecule has 7 heteroatoms. The molecule has 1 aromatic rings. The molecule has 0 radical (unpaired) electrons. The molecule has 0 aromatic heterocycles. The van der Waals surface area contributed by atoms with Crippen molar-refractivity contribution in [2.75, 3.05) is 5.75 Å². The molecule has 112 valence electrons. The van der Waals surface area contributed by atoms with E-state index in [0.29, 0.717) is 6.42 Å². The molecule has 0 aliphatic heterocycles. The minimum atomic E-state index is -3.75. The highest BCUT2D eigenvalue weighted by Gasteiger charge is 2.23. The number of hydrogen-bond donors (Lipinski definition) is 1. The summed E-state index contributed by atoms with van der Waals surface area (Å²) in [4.78, 5) is 10.6. The van der Waals surface area contributed by atoms with Crippen LogP contribution >= 0.6 is 11.6 Å². The van der Waals surface area contributed by atoms with Crippen molar-refractivity contribution in [3.63, 3.8) is 0 Å². The lowest BCUT2D eigenvalue weighted by Gasteiger charge is -2.17. The van der Waals surface area contributed by atoms with Crippen molar-refractivity contribution < 1.29 is 22.7 Å². The van der Waals surface area contributed by atoms with Crippen LogP contribution in [-0.4, -0.2) is 25.2 Å². The molecule has 0 aliphatic rings. The highest BCUT2D eigenvalue weighted by atomic mass is 35.5. The van der Waals surface area contributed by atoms with Gasteiger partial charge in [0.2, 0.25) is 0 Å². The fourth-order valence-corrected chi connectivity index (χ4v) is 3.34. The van der Waals surface area contributed by atoms with Gasteiger partial charge in [0.05, 0.1) is 21.2 Å². The standard InChI is InChI=1S/C13H16ClFO4S/c1-13(2,3)4-5-20(18,19)8-6-9(12(16)17)11(14)10(15)7-8/h6-7H,4-5H2,1-3H3,(H,16,17). The van der Waals surface area contributed by atoms with E-state index in [4.69, 9.17) is 16.7 Å². The van der Waals surface area contributed by atoms with Gasteiger partial charge in [0.15, 0.2) is 9.84 Å². The molecule has 0 aliphatic carbocycles. The van der Waals surface area contributed by atoms with Crippen molar-refractivity contribution in [2.45, 2.75) is 32.1 Å². The summed E-state index contributed by atoms with van der Waals surface area (Å²) in [5.41, 5.74) is -0.755. The largest absolute Gasteiger partial charge is 0.478 e. The van der Waals surface area contributed by atoms with E-state index in [1.54, 1.807) is 0 Å². The van der Waals surface area contributed by atoms with Crippen molar-refractivity contribution in [1.29, 1.82) is 0 Å². The molecule has 0 spiro atoms. The lowest BCUT2D eigenvalue weighted by atomic mass is 9.94. The molecule has 0 heterocycles. The van der Waals surface area contributed by atoms with Gasteiger partial charge in [-0.3, -0.25) is 0 Å². The minimum Gasteiger partial charge on any atom is -0.478 e. The van der Waals surface area contributed by atoms with Gasteiger partial charge in [-0.15, -0.1) is 0 Å². The minimum absolute atomic E-state index is 0.184. The predicted molar refractivity (Wildman–Crippen MR) is 74.5 cm³/mol. The van der Waals surface area contributed by atoms with E-state index in [2.05, 4.69) is 0 Å². The Balaban J connectivity index is 3.23. The summed E-state index contributed by atoms with van der Waals surface area (Å²) in [6.07, 6.45) is 0.377. The monoisotopic (exact) mass is 322 g/mol. The van der Waals surface area contributed by atoms with Crippen molar-refractivity contribution in [3.05, 3.63) is 28.5 Å². The van der Waals surface area contributed by atoms with Gasteiger partial charge in [-0.05, 0) is 24.0 Å². The smallest absolute Gasteiger partial charge is 0.337 e. The lowest BCUT2D eigenvalue weighted by Crippen LogP contribution is -2.15. The first-order valence-corrected chi connectivity index (χ1v) is 7.92. The van der Waals surface area contributed by atoms with Crippen LogP contribution in [0.1, 0.15) is 37.6 Å². The number of carboxylic acids is 1. The van der Waals surface area contributed by atoms with Gasteiger partial charge < -0.3 is 5.11 Å². The van der Waals surface area contributed by atoms with Crippen LogP contribution in [0.3, 0.4) is 0 Å². The van der Waals surface area contributed by atoms with Crippen LogP contribution in [-0.2, 0) is 9.84 Å². The van der Waals surface area contributed by atoms with Crippen LogP contribution < -0.4 is 0 Å². The first-order chi connectivity index (χ1) is 8.94. The topological polar surface area (TPSA) is 71.4 Å². The van der Waals surface area contributed by atoms with E-state index >= 15 is 0 Å². The molecule has 0 unspecified atom stereocenters. The number of hydrogen-bond acceptors (Lipinski definition) is 3. The Hall–Kier alpha value is -1.14. The average Bonchev–Trinajstić information content (AvgIpc) is 2.28. The van der Waals surface area contributed by atoms with Gasteiger partial charge in [-0.2, -0.15) is 0 Å². The number of halogens is 2. The zero-order valence-corrected chi connectivity index (χ0v) is 13.0. The van der Waals surface area contributed by atoms with Gasteiger partial charge in [0, 0.05) is 0 Å². The summed E-state index contributed by atoms with van der Waals surface area (Å²) in [6.45, 7) is 5.65. The first-order valence-electron chi connectivity index (χ1n) is 5.89. The second kappa shape index (κ2) is 5.69. The Labute approximate surface area is 122 Å². The normalized spacial score (nSPS) is 12.4. The second-order valence-electron chi connectivity index (χ2n) is 5.70. The van der Waals surface area contributed by atoms with Crippen LogP contribution in [0.5, 0.6) is 0 Å². The Morgan fingerprint density at radius 2 is 1.90 bits per heavy atom. The SMILES string of the molecule is CC(C)(C)CCS(=O)(=O)c1cc(F)c(Cl)c(C(=O)O)c1. The molecular weight excluding hydrogens is 307 g/mol. The Kier molecular flexibility index (Phi) is 4.82. The third-order valence-electron chi connectivity index (χ3n) is 2.71. The highest BCUT2D eigenvalue weighted by Crippen LogP contribution is 2.27. The zero-order chi connectivity index (χ0) is 15.7. The predicted octanol–water partition coefficient (Wildman–Crippen LogP) is 3.39. The van der Waals surface area contributed by atoms with Crippen LogP contribution in [0.2, 0.25) is 5.02 Å². The first kappa shape index (κ1) is 16.9. The van der Waals surface area contributed by atoms with Gasteiger partial charge in [-0.1, -0.05) is 32.4 Å². The average molecular weight is 323 g/mol. The number of carboxylic acid groups (broad SMARTS) is 1. The maximum Gasteiger partial charge on any atom is 0.337 e. The van der Waals surface area contributed by atoms with Gasteiger partial charge >= 0.3 is 5.97 Å². The van der Waals surface area contributed by atoms with Crippen molar-refractivity contribution in [3.8, 4) is 0 Å². The molecular formula is C13H16ClFO4S. The van der Waals surface area contributed by atoms with E-state index in [0.717, 1.165) is 12.1 Å². The second-order valence-corrected chi connectivity index (χ2v) is 8.19. The van der Waals surface area contributed by atoms with Crippen LogP contribution in [0.25, 0.3) is 0 Å². The molecule has 20 heavy (non-hydrogen) atoms. The van der Waals surface area contributed by atoms with E-state index in [1.807, 2.05) is 20.8 Å². The fraction of sp³-hybridized carbons (Fsp3) is 0.462. The highest BCUT2D eigenvalue weighted by molar-refractivity contribution is 7.91. The molecule has 0 saturated heterocycles. The molecule has 4 nitrogen and oxygen atoms in total. The van der Waals surface area contributed by atoms with Crippen LogP contribution in [0.4, 0.5) is 4.39 Å². The Morgan fingerprint density at radius 1 is 1.35 bits per heavy atom. The number of aromatic carboxylic acids is 1. The summed E-state index contributed by atoms with van der Waals surface area (Å²) in [5.74, 6) is -2.71. The lowest BCUT2D eigenvalue weighted by molar-refractivity contribution is 0.0696. The van der Waals surface area contributed by atoms with Gasteiger partial charge in [0.1, 0.15) is 5.82 Å².